The van der Waals surface area contributed by atoms with Crippen molar-refractivity contribution in [2.75, 3.05) is 11.6 Å². The van der Waals surface area contributed by atoms with E-state index >= 15 is 0 Å². The van der Waals surface area contributed by atoms with E-state index in [9.17, 15) is 9.59 Å². The van der Waals surface area contributed by atoms with Crippen LogP contribution in [0.1, 0.15) is 25.1 Å². The molecule has 0 radical (unpaired) electrons. The number of hydrogen-bond acceptors (Lipinski definition) is 4. The van der Waals surface area contributed by atoms with Crippen LogP contribution in [0.4, 0.5) is 0 Å². The maximum atomic E-state index is 12.3. The van der Waals surface area contributed by atoms with Crippen molar-refractivity contribution in [1.82, 2.24) is 10.2 Å². The maximum absolute atomic E-state index is 12.3. The number of allylic oxidation sites excluding steroid dienone is 1. The topological polar surface area (TPSA) is 49.4 Å². The Balaban J connectivity index is 1.96. The second-order valence-corrected chi connectivity index (χ2v) is 6.92. The minimum Gasteiger partial charge on any atom is -0.349 e. The van der Waals surface area contributed by atoms with Gasteiger partial charge >= 0.3 is 0 Å². The summed E-state index contributed by atoms with van der Waals surface area (Å²) in [4.78, 5) is 27.4. The van der Waals surface area contributed by atoms with Crippen molar-refractivity contribution >= 4 is 34.9 Å². The molecule has 2 rings (SSSR count). The molecule has 1 saturated heterocycles. The molecular formula is C15H20N2O2S2. The van der Waals surface area contributed by atoms with Crippen LogP contribution in [-0.2, 0) is 16.1 Å². The van der Waals surface area contributed by atoms with Crippen LogP contribution in [0.15, 0.2) is 29.2 Å². The summed E-state index contributed by atoms with van der Waals surface area (Å²) in [6.45, 7) is 4.35. The van der Waals surface area contributed by atoms with E-state index in [-0.39, 0.29) is 17.9 Å². The van der Waals surface area contributed by atoms with Gasteiger partial charge in [-0.25, -0.2) is 0 Å². The second kappa shape index (κ2) is 7.66. The Bertz CT molecular complexity index is 526. The molecule has 21 heavy (non-hydrogen) atoms. The Hall–Kier alpha value is -1.27. The predicted octanol–water partition coefficient (Wildman–Crippen LogP) is 2.62. The summed E-state index contributed by atoms with van der Waals surface area (Å²) in [7, 11) is 0. The van der Waals surface area contributed by atoms with E-state index in [1.165, 1.54) is 0 Å². The van der Waals surface area contributed by atoms with Gasteiger partial charge in [0, 0.05) is 16.2 Å². The highest BCUT2D eigenvalue weighted by molar-refractivity contribution is 7.99. The van der Waals surface area contributed by atoms with Crippen molar-refractivity contribution in [1.29, 1.82) is 0 Å². The molecule has 1 fully saturated rings. The molecule has 0 bridgehead atoms. The molecule has 1 N–H and O–H groups in total. The van der Waals surface area contributed by atoms with Crippen LogP contribution in [0.25, 0.3) is 0 Å². The number of thioether (sulfide) groups is 1. The van der Waals surface area contributed by atoms with Crippen molar-refractivity contribution in [3.05, 3.63) is 34.0 Å². The summed E-state index contributed by atoms with van der Waals surface area (Å²) in [6, 6.07) is 3.60. The molecule has 1 atom stereocenters. The predicted molar refractivity (Wildman–Crippen MR) is 88.2 cm³/mol. The fraction of sp³-hybridized carbons (Fsp3) is 0.467. The third-order valence-electron chi connectivity index (χ3n) is 3.31. The summed E-state index contributed by atoms with van der Waals surface area (Å²) in [5.74, 6) is 1.16. The minimum absolute atomic E-state index is 0.0295. The van der Waals surface area contributed by atoms with Crippen LogP contribution in [0.5, 0.6) is 0 Å². The summed E-state index contributed by atoms with van der Waals surface area (Å²) in [6.07, 6.45) is 2.74. The second-order valence-electron chi connectivity index (χ2n) is 4.88. The Kier molecular flexibility index (Phi) is 5.87. The van der Waals surface area contributed by atoms with Crippen LogP contribution in [0, 0.1) is 0 Å². The van der Waals surface area contributed by atoms with Crippen LogP contribution in [0.2, 0.25) is 0 Å². The van der Waals surface area contributed by atoms with Crippen LogP contribution in [-0.4, -0.2) is 34.4 Å². The number of rotatable bonds is 5. The third kappa shape index (κ3) is 4.11. The molecule has 0 aromatic carbocycles. The lowest BCUT2D eigenvalue weighted by molar-refractivity contribution is -0.135. The highest BCUT2D eigenvalue weighted by atomic mass is 32.2. The minimum atomic E-state index is -0.359. The fourth-order valence-electron chi connectivity index (χ4n) is 2.19. The zero-order chi connectivity index (χ0) is 15.2. The molecule has 1 aromatic heterocycles. The Morgan fingerprint density at radius 1 is 1.52 bits per heavy atom. The van der Waals surface area contributed by atoms with Crippen molar-refractivity contribution in [2.45, 2.75) is 32.9 Å². The van der Waals surface area contributed by atoms with Crippen molar-refractivity contribution in [2.24, 2.45) is 0 Å². The van der Waals surface area contributed by atoms with E-state index in [1.54, 1.807) is 28.0 Å². The van der Waals surface area contributed by atoms with Gasteiger partial charge in [-0.15, -0.1) is 23.1 Å². The average molecular weight is 324 g/mol. The largest absolute Gasteiger partial charge is 0.349 e. The maximum Gasteiger partial charge on any atom is 0.250 e. The van der Waals surface area contributed by atoms with Gasteiger partial charge in [0.15, 0.2) is 0 Å². The molecule has 0 saturated carbocycles. The molecule has 0 aliphatic carbocycles. The lowest BCUT2D eigenvalue weighted by Gasteiger charge is -2.23. The molecule has 1 aliphatic heterocycles. The first-order chi connectivity index (χ1) is 10.1. The molecule has 0 spiro atoms. The number of amides is 2. The van der Waals surface area contributed by atoms with Gasteiger partial charge in [-0.3, -0.25) is 9.59 Å². The molecule has 114 valence electrons. The smallest absolute Gasteiger partial charge is 0.250 e. The van der Waals surface area contributed by atoms with Crippen LogP contribution < -0.4 is 5.32 Å². The van der Waals surface area contributed by atoms with E-state index in [0.717, 1.165) is 16.9 Å². The molecule has 0 unspecified atom stereocenters. The van der Waals surface area contributed by atoms with Gasteiger partial charge in [0.05, 0.1) is 12.4 Å². The number of hydrogen-bond donors (Lipinski definition) is 1. The summed E-state index contributed by atoms with van der Waals surface area (Å²) in [5, 5.41) is 4.92. The van der Waals surface area contributed by atoms with E-state index in [1.807, 2.05) is 37.4 Å². The number of thiophene rings is 1. The third-order valence-corrected chi connectivity index (χ3v) is 5.20. The van der Waals surface area contributed by atoms with Crippen molar-refractivity contribution in [3.8, 4) is 0 Å². The van der Waals surface area contributed by atoms with Gasteiger partial charge in [-0.05, 0) is 24.8 Å². The Morgan fingerprint density at radius 3 is 3.00 bits per heavy atom. The first-order valence-electron chi connectivity index (χ1n) is 6.99. The molecule has 2 amide bonds. The lowest BCUT2D eigenvalue weighted by atomic mass is 10.2. The SMILES string of the molecule is CC/C=C(/C)C(=O)N1CSC[C@@H]1C(=O)NCc1cccs1. The van der Waals surface area contributed by atoms with E-state index in [4.69, 9.17) is 0 Å². The van der Waals surface area contributed by atoms with Crippen molar-refractivity contribution in [3.63, 3.8) is 0 Å². The number of carbonyl (C=O) groups excluding carboxylic acids is 2. The molecule has 1 aliphatic rings. The Morgan fingerprint density at radius 2 is 2.33 bits per heavy atom. The molecular weight excluding hydrogens is 304 g/mol. The highest BCUT2D eigenvalue weighted by Gasteiger charge is 2.34. The molecule has 2 heterocycles. The van der Waals surface area contributed by atoms with Crippen molar-refractivity contribution < 1.29 is 9.59 Å². The first-order valence-corrected chi connectivity index (χ1v) is 9.02. The van der Waals surface area contributed by atoms with Gasteiger partial charge in [-0.2, -0.15) is 0 Å². The molecule has 1 aromatic rings. The quantitative estimate of drug-likeness (QED) is 0.847. The first kappa shape index (κ1) is 16.1. The molecule has 6 heteroatoms. The van der Waals surface area contributed by atoms with E-state index < -0.39 is 0 Å². The number of nitrogens with one attached hydrogen (secondary N) is 1. The normalized spacial score (nSPS) is 18.9. The summed E-state index contributed by atoms with van der Waals surface area (Å²) < 4.78 is 0. The summed E-state index contributed by atoms with van der Waals surface area (Å²) >= 11 is 3.24. The van der Waals surface area contributed by atoms with Crippen LogP contribution in [0.3, 0.4) is 0 Å². The fourth-order valence-corrected chi connectivity index (χ4v) is 3.98. The monoisotopic (exact) mass is 324 g/mol. The van der Waals surface area contributed by atoms with E-state index in [2.05, 4.69) is 5.32 Å². The van der Waals surface area contributed by atoms with Gasteiger partial charge in [0.1, 0.15) is 6.04 Å². The van der Waals surface area contributed by atoms with Gasteiger partial charge in [0.2, 0.25) is 5.91 Å². The molecule has 4 nitrogen and oxygen atoms in total. The highest BCUT2D eigenvalue weighted by Crippen LogP contribution is 2.23. The lowest BCUT2D eigenvalue weighted by Crippen LogP contribution is -2.47. The standard InChI is InChI=1S/C15H20N2O2S2/c1-3-5-11(2)15(19)17-10-20-9-13(17)14(18)16-8-12-6-4-7-21-12/h4-7,13H,3,8-10H2,1-2H3,(H,16,18)/b11-5-/t13-/m1/s1. The zero-order valence-electron chi connectivity index (χ0n) is 12.3. The number of nitrogens with zero attached hydrogens (tertiary/aromatic N) is 1. The van der Waals surface area contributed by atoms with Gasteiger partial charge in [0.25, 0.3) is 5.91 Å². The van der Waals surface area contributed by atoms with E-state index in [0.29, 0.717) is 18.2 Å². The van der Waals surface area contributed by atoms with Gasteiger partial charge in [-0.1, -0.05) is 19.1 Å². The number of carbonyl (C=O) groups is 2. The van der Waals surface area contributed by atoms with Crippen LogP contribution >= 0.6 is 23.1 Å². The summed E-state index contributed by atoms with van der Waals surface area (Å²) in [5.41, 5.74) is 0.719. The Labute approximate surface area is 133 Å². The zero-order valence-corrected chi connectivity index (χ0v) is 13.9. The van der Waals surface area contributed by atoms with Gasteiger partial charge < -0.3 is 10.2 Å². The average Bonchev–Trinajstić information content (AvgIpc) is 3.15.